The number of hydrogen-bond donors (Lipinski definition) is 0. The zero-order valence-electron chi connectivity index (χ0n) is 8.92. The summed E-state index contributed by atoms with van der Waals surface area (Å²) in [7, 11) is 0. The van der Waals surface area contributed by atoms with Crippen molar-refractivity contribution in [1.82, 2.24) is 14.5 Å². The fourth-order valence-corrected chi connectivity index (χ4v) is 1.85. The quantitative estimate of drug-likeness (QED) is 0.657. The van der Waals surface area contributed by atoms with Crippen LogP contribution in [0.2, 0.25) is 0 Å². The SMILES string of the molecule is CCn1c(-c2ccco2)nc2cccnc21. The lowest BCUT2D eigenvalue weighted by Crippen LogP contribution is -1.97. The molecule has 3 aromatic rings. The molecule has 0 fully saturated rings. The average molecular weight is 213 g/mol. The van der Waals surface area contributed by atoms with Crippen LogP contribution < -0.4 is 0 Å². The normalized spacial score (nSPS) is 11.1. The van der Waals surface area contributed by atoms with Crippen LogP contribution in [0.3, 0.4) is 0 Å². The lowest BCUT2D eigenvalue weighted by molar-refractivity contribution is 0.571. The maximum Gasteiger partial charge on any atom is 0.178 e. The van der Waals surface area contributed by atoms with Crippen molar-refractivity contribution in [3.05, 3.63) is 36.7 Å². The van der Waals surface area contributed by atoms with Crippen molar-refractivity contribution in [3.8, 4) is 11.6 Å². The number of nitrogens with zero attached hydrogens (tertiary/aromatic N) is 3. The maximum absolute atomic E-state index is 5.38. The van der Waals surface area contributed by atoms with Gasteiger partial charge in [0.15, 0.2) is 17.2 Å². The van der Waals surface area contributed by atoms with E-state index in [2.05, 4.69) is 16.9 Å². The van der Waals surface area contributed by atoms with Gasteiger partial charge in [-0.1, -0.05) is 0 Å². The van der Waals surface area contributed by atoms with Crippen molar-refractivity contribution in [3.63, 3.8) is 0 Å². The molecule has 4 nitrogen and oxygen atoms in total. The number of furan rings is 1. The zero-order chi connectivity index (χ0) is 11.0. The van der Waals surface area contributed by atoms with E-state index in [1.54, 1.807) is 12.5 Å². The molecule has 16 heavy (non-hydrogen) atoms. The van der Waals surface area contributed by atoms with Crippen molar-refractivity contribution in [2.24, 2.45) is 0 Å². The lowest BCUT2D eigenvalue weighted by Gasteiger charge is -2.01. The van der Waals surface area contributed by atoms with Crippen LogP contribution >= 0.6 is 0 Å². The summed E-state index contributed by atoms with van der Waals surface area (Å²) in [5.74, 6) is 1.61. The van der Waals surface area contributed by atoms with Gasteiger partial charge in [-0.2, -0.15) is 0 Å². The monoisotopic (exact) mass is 213 g/mol. The van der Waals surface area contributed by atoms with Gasteiger partial charge >= 0.3 is 0 Å². The Morgan fingerprint density at radius 2 is 2.25 bits per heavy atom. The molecule has 0 unspecified atom stereocenters. The fourth-order valence-electron chi connectivity index (χ4n) is 1.85. The summed E-state index contributed by atoms with van der Waals surface area (Å²) in [6.07, 6.45) is 3.43. The predicted octanol–water partition coefficient (Wildman–Crippen LogP) is 2.71. The molecule has 3 heterocycles. The number of imidazole rings is 1. The first-order chi connectivity index (χ1) is 7.90. The van der Waals surface area contributed by atoms with Gasteiger partial charge in [0.1, 0.15) is 5.52 Å². The third-order valence-corrected chi connectivity index (χ3v) is 2.56. The molecule has 0 aliphatic heterocycles. The molecule has 0 bridgehead atoms. The fraction of sp³-hybridized carbons (Fsp3) is 0.167. The summed E-state index contributed by atoms with van der Waals surface area (Å²) in [6.45, 7) is 2.89. The van der Waals surface area contributed by atoms with Crippen molar-refractivity contribution < 1.29 is 4.42 Å². The smallest absolute Gasteiger partial charge is 0.178 e. The highest BCUT2D eigenvalue weighted by Crippen LogP contribution is 2.23. The van der Waals surface area contributed by atoms with Crippen LogP contribution in [0.5, 0.6) is 0 Å². The van der Waals surface area contributed by atoms with E-state index in [0.717, 1.165) is 29.3 Å². The van der Waals surface area contributed by atoms with E-state index in [9.17, 15) is 0 Å². The average Bonchev–Trinajstić information content (AvgIpc) is 2.95. The van der Waals surface area contributed by atoms with Gasteiger partial charge in [-0.05, 0) is 31.2 Å². The van der Waals surface area contributed by atoms with Crippen molar-refractivity contribution in [2.45, 2.75) is 13.5 Å². The molecule has 0 saturated carbocycles. The Labute approximate surface area is 92.6 Å². The van der Waals surface area contributed by atoms with Crippen LogP contribution in [0, 0.1) is 0 Å². The molecule has 0 saturated heterocycles. The van der Waals surface area contributed by atoms with Gasteiger partial charge in [-0.15, -0.1) is 0 Å². The van der Waals surface area contributed by atoms with Gasteiger partial charge in [0, 0.05) is 12.7 Å². The molecule has 0 atom stereocenters. The molecule has 0 radical (unpaired) electrons. The Kier molecular flexibility index (Phi) is 1.99. The Morgan fingerprint density at radius 1 is 1.31 bits per heavy atom. The Balaban J connectivity index is 2.32. The first kappa shape index (κ1) is 9.15. The molecule has 0 aliphatic rings. The van der Waals surface area contributed by atoms with Gasteiger partial charge in [0.2, 0.25) is 0 Å². The van der Waals surface area contributed by atoms with Crippen molar-refractivity contribution >= 4 is 11.2 Å². The molecule has 3 rings (SSSR count). The third kappa shape index (κ3) is 1.23. The van der Waals surface area contributed by atoms with Crippen LogP contribution in [0.4, 0.5) is 0 Å². The second-order valence-electron chi connectivity index (χ2n) is 3.50. The molecule has 80 valence electrons. The van der Waals surface area contributed by atoms with E-state index in [1.807, 2.05) is 28.8 Å². The highest BCUT2D eigenvalue weighted by molar-refractivity contribution is 5.75. The van der Waals surface area contributed by atoms with Gasteiger partial charge < -0.3 is 8.98 Å². The summed E-state index contributed by atoms with van der Waals surface area (Å²) in [5, 5.41) is 0. The molecule has 4 heteroatoms. The number of aromatic nitrogens is 3. The van der Waals surface area contributed by atoms with Crippen LogP contribution in [-0.2, 0) is 6.54 Å². The molecular weight excluding hydrogens is 202 g/mol. The molecule has 0 aliphatic carbocycles. The van der Waals surface area contributed by atoms with Gasteiger partial charge in [0.25, 0.3) is 0 Å². The number of hydrogen-bond acceptors (Lipinski definition) is 3. The van der Waals surface area contributed by atoms with E-state index in [-0.39, 0.29) is 0 Å². The van der Waals surface area contributed by atoms with Gasteiger partial charge in [0.05, 0.1) is 6.26 Å². The lowest BCUT2D eigenvalue weighted by atomic mass is 10.4. The van der Waals surface area contributed by atoms with Crippen molar-refractivity contribution in [2.75, 3.05) is 0 Å². The second-order valence-corrected chi connectivity index (χ2v) is 3.50. The maximum atomic E-state index is 5.38. The molecule has 0 amide bonds. The Morgan fingerprint density at radius 3 is 3.00 bits per heavy atom. The largest absolute Gasteiger partial charge is 0.461 e. The number of aryl methyl sites for hydroxylation is 1. The Bertz CT molecular complexity index is 610. The van der Waals surface area contributed by atoms with Crippen LogP contribution in [0.15, 0.2) is 41.1 Å². The van der Waals surface area contributed by atoms with E-state index in [0.29, 0.717) is 0 Å². The van der Waals surface area contributed by atoms with Crippen LogP contribution in [0.25, 0.3) is 22.7 Å². The first-order valence-electron chi connectivity index (χ1n) is 5.25. The first-order valence-corrected chi connectivity index (χ1v) is 5.25. The van der Waals surface area contributed by atoms with Gasteiger partial charge in [-0.25, -0.2) is 9.97 Å². The molecule has 3 aromatic heterocycles. The molecule has 0 spiro atoms. The van der Waals surface area contributed by atoms with Crippen molar-refractivity contribution in [1.29, 1.82) is 0 Å². The molecule has 0 N–H and O–H groups in total. The topological polar surface area (TPSA) is 43.9 Å². The van der Waals surface area contributed by atoms with E-state index >= 15 is 0 Å². The standard InChI is InChI=1S/C12H11N3O/c1-2-15-11-9(5-3-7-13-11)14-12(15)10-6-4-8-16-10/h3-8H,2H2,1H3. The minimum Gasteiger partial charge on any atom is -0.461 e. The van der Waals surface area contributed by atoms with Gasteiger partial charge in [-0.3, -0.25) is 0 Å². The molecular formula is C12H11N3O. The highest BCUT2D eigenvalue weighted by atomic mass is 16.3. The Hall–Kier alpha value is -2.10. The van der Waals surface area contributed by atoms with E-state index < -0.39 is 0 Å². The summed E-state index contributed by atoms with van der Waals surface area (Å²) >= 11 is 0. The minimum atomic E-state index is 0.778. The van der Waals surface area contributed by atoms with E-state index in [4.69, 9.17) is 4.42 Å². The van der Waals surface area contributed by atoms with Crippen LogP contribution in [0.1, 0.15) is 6.92 Å². The zero-order valence-corrected chi connectivity index (χ0v) is 8.92. The highest BCUT2D eigenvalue weighted by Gasteiger charge is 2.13. The number of fused-ring (bicyclic) bond motifs is 1. The summed E-state index contributed by atoms with van der Waals surface area (Å²) < 4.78 is 7.43. The summed E-state index contributed by atoms with van der Waals surface area (Å²) in [5.41, 5.74) is 1.80. The van der Waals surface area contributed by atoms with Crippen LogP contribution in [-0.4, -0.2) is 14.5 Å². The third-order valence-electron chi connectivity index (χ3n) is 2.56. The molecule has 0 aromatic carbocycles. The number of pyridine rings is 1. The second kappa shape index (κ2) is 3.48. The number of rotatable bonds is 2. The predicted molar refractivity (Wildman–Crippen MR) is 60.9 cm³/mol. The van der Waals surface area contributed by atoms with E-state index in [1.165, 1.54) is 0 Å². The summed E-state index contributed by atoms with van der Waals surface area (Å²) in [4.78, 5) is 8.87. The minimum absolute atomic E-state index is 0.778. The summed E-state index contributed by atoms with van der Waals surface area (Å²) in [6, 6.07) is 7.62.